The van der Waals surface area contributed by atoms with Crippen molar-refractivity contribution < 1.29 is 38.3 Å². The summed E-state index contributed by atoms with van der Waals surface area (Å²) in [6.07, 6.45) is 2.75. The van der Waals surface area contributed by atoms with Crippen molar-refractivity contribution in [3.8, 4) is 5.75 Å². The van der Waals surface area contributed by atoms with Gasteiger partial charge in [-0.3, -0.25) is 53.9 Å². The molecular weight excluding hydrogens is 839 g/mol. The number of carbonyl (C=O) groups is 7. The van der Waals surface area contributed by atoms with Gasteiger partial charge in [-0.1, -0.05) is 30.3 Å². The molecule has 0 aliphatic carbocycles. The van der Waals surface area contributed by atoms with Crippen molar-refractivity contribution in [2.75, 3.05) is 26.2 Å². The molecule has 1 aliphatic rings. The zero-order valence-corrected chi connectivity index (χ0v) is 35.7. The molecule has 0 unspecified atom stereocenters. The van der Waals surface area contributed by atoms with Crippen LogP contribution in [0.2, 0.25) is 0 Å². The van der Waals surface area contributed by atoms with Gasteiger partial charge in [0.15, 0.2) is 17.9 Å². The highest BCUT2D eigenvalue weighted by Gasteiger charge is 2.30. The molecule has 0 spiro atoms. The van der Waals surface area contributed by atoms with Crippen LogP contribution in [-0.2, 0) is 28.8 Å². The molecule has 0 radical (unpaired) electrons. The summed E-state index contributed by atoms with van der Waals surface area (Å²) in [5.74, 6) is -3.89. The van der Waals surface area contributed by atoms with Crippen molar-refractivity contribution in [2.24, 2.45) is 55.1 Å². The van der Waals surface area contributed by atoms with Gasteiger partial charge in [-0.2, -0.15) is 0 Å². The number of nitrogens with zero attached hydrogens (tertiary/aromatic N) is 3. The summed E-state index contributed by atoms with van der Waals surface area (Å²) in [6.45, 7) is 1.90. The zero-order valence-electron chi connectivity index (χ0n) is 34.9. The first-order valence-electron chi connectivity index (χ1n) is 20.0. The quantitative estimate of drug-likeness (QED) is 0.0209. The van der Waals surface area contributed by atoms with E-state index in [1.165, 1.54) is 6.92 Å². The van der Waals surface area contributed by atoms with Crippen molar-refractivity contribution in [2.45, 2.75) is 82.5 Å². The van der Waals surface area contributed by atoms with Gasteiger partial charge in [0, 0.05) is 31.4 Å². The maximum atomic E-state index is 13.9. The molecule has 1 heterocycles. The van der Waals surface area contributed by atoms with Crippen LogP contribution in [0, 0.1) is 0 Å². The lowest BCUT2D eigenvalue weighted by molar-refractivity contribution is -0.134. The molecule has 23 nitrogen and oxygen atoms in total. The minimum absolute atomic E-state index is 0.0153. The minimum Gasteiger partial charge on any atom is -0.493 e. The Morgan fingerprint density at radius 3 is 1.65 bits per heavy atom. The number of thioether (sulfide) groups is 1. The largest absolute Gasteiger partial charge is 0.493 e. The number of fused-ring (bicyclic) bond motifs is 1. The molecular formula is C39H57N15O8S. The number of carbonyl (C=O) groups excluding carboxylic acids is 7. The van der Waals surface area contributed by atoms with E-state index in [0.717, 1.165) is 22.5 Å². The van der Waals surface area contributed by atoms with Crippen LogP contribution in [0.5, 0.6) is 5.75 Å². The van der Waals surface area contributed by atoms with E-state index < -0.39 is 64.8 Å². The number of imide groups is 1. The topological polar surface area (TPSA) is 408 Å². The molecule has 3 rings (SSSR count). The van der Waals surface area contributed by atoms with Gasteiger partial charge in [-0.25, -0.2) is 0 Å². The number of benzene rings is 2. The Hall–Kier alpha value is -7.11. The van der Waals surface area contributed by atoms with Gasteiger partial charge in [-0.15, -0.1) is 0 Å². The molecule has 24 heteroatoms. The van der Waals surface area contributed by atoms with Crippen LogP contribution in [0.3, 0.4) is 0 Å². The van der Waals surface area contributed by atoms with Gasteiger partial charge in [0.05, 0.1) is 11.5 Å². The second-order valence-electron chi connectivity index (χ2n) is 14.2. The number of aliphatic imine (C=N–C) groups is 3. The van der Waals surface area contributed by atoms with E-state index in [1.54, 1.807) is 18.2 Å². The third kappa shape index (κ3) is 17.8. The zero-order chi connectivity index (χ0) is 46.5. The monoisotopic (exact) mass is 895 g/mol. The Morgan fingerprint density at radius 2 is 1.17 bits per heavy atom. The molecule has 7 amide bonds. The van der Waals surface area contributed by atoms with Crippen LogP contribution in [0.25, 0.3) is 16.8 Å². The van der Waals surface area contributed by atoms with E-state index in [2.05, 4.69) is 41.6 Å². The standard InChI is InChI=1S/C39H57N15O8S/c1-21(31(40)56)50-32(57)26(11-5-17-48-37(43)44)52-34(59)27(12-6-18-49-38(45)46)53-33(58)25(10-4-16-47-36(41)42)51-30(55)13-7-19-62-28-15-14-22(23-8-2-3-9-24(23)28)20-29-35(60)54-39(61)63-29/h2-3,8-9,14-15,20-21,25-27H,4-7,10-13,16-19H2,1H3,(H2,40,56)(H,50,57)(H,51,55)(H,52,59)(H,53,58)(H4,41,42,47)(H4,43,44,48)(H4,45,46,49)(H,54,60,61)/b29-20-/t21-,25-,26-,27-/m0/s1. The third-order valence-electron chi connectivity index (χ3n) is 9.19. The summed E-state index contributed by atoms with van der Waals surface area (Å²) < 4.78 is 6.06. The summed E-state index contributed by atoms with van der Waals surface area (Å²) >= 11 is 0.818. The molecule has 0 aromatic heterocycles. The van der Waals surface area contributed by atoms with Gasteiger partial charge in [0.2, 0.25) is 29.5 Å². The van der Waals surface area contributed by atoms with E-state index >= 15 is 0 Å². The molecule has 0 bridgehead atoms. The molecule has 19 N–H and O–H groups in total. The average molecular weight is 896 g/mol. The number of rotatable bonds is 26. The van der Waals surface area contributed by atoms with Crippen molar-refractivity contribution in [1.82, 2.24) is 26.6 Å². The summed E-state index contributed by atoms with van der Waals surface area (Å²) in [5.41, 5.74) is 38.7. The second-order valence-corrected chi connectivity index (χ2v) is 15.2. The summed E-state index contributed by atoms with van der Waals surface area (Å²) in [5, 5.41) is 13.8. The number of hydrogen-bond acceptors (Lipinski definition) is 12. The summed E-state index contributed by atoms with van der Waals surface area (Å²) in [4.78, 5) is 102. The molecule has 1 aliphatic heterocycles. The Labute approximate surface area is 367 Å². The van der Waals surface area contributed by atoms with Crippen LogP contribution in [0.15, 0.2) is 56.3 Å². The Balaban J connectivity index is 1.74. The van der Waals surface area contributed by atoms with Gasteiger partial charge < -0.3 is 66.1 Å². The number of nitrogens with one attached hydrogen (secondary N) is 5. The fourth-order valence-electron chi connectivity index (χ4n) is 6.04. The Bertz CT molecular complexity index is 2100. The van der Waals surface area contributed by atoms with Crippen LogP contribution >= 0.6 is 11.8 Å². The maximum absolute atomic E-state index is 13.9. The lowest BCUT2D eigenvalue weighted by atomic mass is 10.0. The van der Waals surface area contributed by atoms with Crippen molar-refractivity contribution >= 4 is 87.2 Å². The molecule has 1 fully saturated rings. The fraction of sp³-hybridized carbons (Fsp3) is 0.436. The Morgan fingerprint density at radius 1 is 0.683 bits per heavy atom. The van der Waals surface area contributed by atoms with E-state index in [1.807, 2.05) is 24.3 Å². The summed E-state index contributed by atoms with van der Waals surface area (Å²) in [7, 11) is 0. The molecule has 2 aromatic rings. The molecule has 342 valence electrons. The summed E-state index contributed by atoms with van der Waals surface area (Å²) in [6, 6.07) is 6.23. The maximum Gasteiger partial charge on any atom is 0.290 e. The fourth-order valence-corrected chi connectivity index (χ4v) is 6.71. The van der Waals surface area contributed by atoms with Crippen LogP contribution < -0.4 is 71.5 Å². The molecule has 1 saturated heterocycles. The SMILES string of the molecule is C[C@H](NC(=O)[C@H](CCCN=C(N)N)NC(=O)[C@H](CCCN=C(N)N)NC(=O)[C@H](CCCN=C(N)N)NC(=O)CCCOc1ccc(/C=C2\SC(=O)NC2=O)c2ccccc12)C(N)=O. The first kappa shape index (κ1) is 50.2. The molecule has 63 heavy (non-hydrogen) atoms. The van der Waals surface area contributed by atoms with Crippen molar-refractivity contribution in [1.29, 1.82) is 0 Å². The second kappa shape index (κ2) is 25.6. The van der Waals surface area contributed by atoms with E-state index in [9.17, 15) is 33.6 Å². The number of primary amides is 1. The van der Waals surface area contributed by atoms with E-state index in [4.69, 9.17) is 44.9 Å². The van der Waals surface area contributed by atoms with Crippen LogP contribution in [-0.4, -0.2) is 109 Å². The van der Waals surface area contributed by atoms with Crippen molar-refractivity contribution in [3.05, 3.63) is 46.9 Å². The van der Waals surface area contributed by atoms with Gasteiger partial charge in [0.1, 0.15) is 29.9 Å². The average Bonchev–Trinajstić information content (AvgIpc) is 3.54. The highest BCUT2D eigenvalue weighted by Crippen LogP contribution is 2.33. The van der Waals surface area contributed by atoms with E-state index in [-0.39, 0.29) is 100 Å². The third-order valence-corrected chi connectivity index (χ3v) is 10.0. The molecule has 2 aromatic carbocycles. The Kier molecular flexibility index (Phi) is 20.4. The lowest BCUT2D eigenvalue weighted by Crippen LogP contribution is -2.57. The normalized spacial score (nSPS) is 14.6. The first-order valence-corrected chi connectivity index (χ1v) is 20.8. The van der Waals surface area contributed by atoms with Gasteiger partial charge in [-0.05, 0) is 86.7 Å². The predicted molar refractivity (Wildman–Crippen MR) is 240 cm³/mol. The van der Waals surface area contributed by atoms with Gasteiger partial charge >= 0.3 is 0 Å². The predicted octanol–water partition coefficient (Wildman–Crippen LogP) is -2.07. The van der Waals surface area contributed by atoms with Gasteiger partial charge in [0.25, 0.3) is 11.1 Å². The first-order chi connectivity index (χ1) is 29.9. The number of guanidine groups is 3. The number of nitrogens with two attached hydrogens (primary N) is 7. The number of hydrogen-bond donors (Lipinski definition) is 12. The highest BCUT2D eigenvalue weighted by molar-refractivity contribution is 8.18. The van der Waals surface area contributed by atoms with E-state index in [0.29, 0.717) is 11.3 Å². The smallest absolute Gasteiger partial charge is 0.290 e. The lowest BCUT2D eigenvalue weighted by Gasteiger charge is -2.26. The van der Waals surface area contributed by atoms with Crippen molar-refractivity contribution in [3.63, 3.8) is 0 Å². The van der Waals surface area contributed by atoms with Crippen LogP contribution in [0.1, 0.15) is 63.9 Å². The number of amides is 7. The number of ether oxygens (including phenoxy) is 1. The minimum atomic E-state index is -1.24. The molecule has 4 atom stereocenters. The van der Waals surface area contributed by atoms with Crippen LogP contribution in [0.4, 0.5) is 4.79 Å². The highest BCUT2D eigenvalue weighted by atomic mass is 32.2. The molecule has 0 saturated carbocycles.